The Morgan fingerprint density at radius 3 is 2.66 bits per heavy atom. The van der Waals surface area contributed by atoms with Crippen molar-refractivity contribution in [1.82, 2.24) is 24.4 Å². The van der Waals surface area contributed by atoms with Gasteiger partial charge in [0.15, 0.2) is 11.5 Å². The average Bonchev–Trinajstić information content (AvgIpc) is 2.99. The van der Waals surface area contributed by atoms with Crippen LogP contribution < -0.4 is 15.3 Å². The second-order valence-corrected chi connectivity index (χ2v) is 11.7. The molecule has 0 saturated carbocycles. The second-order valence-electron chi connectivity index (χ2n) is 11.7. The van der Waals surface area contributed by atoms with Crippen LogP contribution in [0.3, 0.4) is 0 Å². The molecular weight excluding hydrogens is 566 g/mol. The number of halogens is 2. The summed E-state index contributed by atoms with van der Waals surface area (Å²) in [7, 11) is 0. The smallest absolute Gasteiger partial charge is 0.355 e. The van der Waals surface area contributed by atoms with Gasteiger partial charge in [0.1, 0.15) is 23.1 Å². The number of aromatic nitrogens is 4. The lowest BCUT2D eigenvalue weighted by molar-refractivity contribution is -0.128. The van der Waals surface area contributed by atoms with Gasteiger partial charge in [-0.3, -0.25) is 9.78 Å². The number of benzene rings is 1. The normalized spacial score (nSPS) is 18.3. The Morgan fingerprint density at radius 1 is 1.11 bits per heavy atom. The van der Waals surface area contributed by atoms with Crippen LogP contribution in [0.1, 0.15) is 51.3 Å². The Hall–Kier alpha value is -4.67. The van der Waals surface area contributed by atoms with Crippen LogP contribution in [0.5, 0.6) is 5.75 Å². The largest absolute Gasteiger partial charge is 0.493 e. The van der Waals surface area contributed by atoms with E-state index in [1.54, 1.807) is 17.2 Å². The molecule has 1 amide bonds. The molecule has 0 spiro atoms. The van der Waals surface area contributed by atoms with Gasteiger partial charge in [-0.15, -0.1) is 0 Å². The van der Waals surface area contributed by atoms with Gasteiger partial charge in [-0.25, -0.2) is 23.1 Å². The summed E-state index contributed by atoms with van der Waals surface area (Å²) in [4.78, 5) is 44.2. The number of hydrogen-bond donors (Lipinski definition) is 0. The van der Waals surface area contributed by atoms with E-state index in [0.717, 1.165) is 5.56 Å². The molecule has 11 heteroatoms. The molecule has 1 saturated heterocycles. The molecule has 6 rings (SSSR count). The standard InChI is InChI=1S/C33H34F2N6O3/c1-6-26(42)39-16-20(5)40(17-19(39)4)31-22-15-24(35)29-27-23(34)10-7-11-25(27)44-14-8-9-21-12-13-36-28(18(2)3)30(21)41(32(22)37-29)33(43)38-31/h6-7,10-13,15,18-20H,1,8-9,14,16-17H2,2-5H3/t19-,20+/m1/s1. The highest BCUT2D eigenvalue weighted by Crippen LogP contribution is 2.38. The molecule has 44 heavy (non-hydrogen) atoms. The van der Waals surface area contributed by atoms with E-state index in [4.69, 9.17) is 9.72 Å². The van der Waals surface area contributed by atoms with E-state index in [1.807, 2.05) is 38.7 Å². The molecule has 3 aromatic heterocycles. The topological polar surface area (TPSA) is 93.5 Å². The molecule has 0 N–H and O–H groups in total. The molecule has 4 aromatic rings. The van der Waals surface area contributed by atoms with Crippen LogP contribution in [0, 0.1) is 11.6 Å². The van der Waals surface area contributed by atoms with Crippen LogP contribution in [-0.2, 0) is 11.2 Å². The van der Waals surface area contributed by atoms with Crippen LogP contribution in [0.25, 0.3) is 28.0 Å². The fraction of sp³-hybridized carbons (Fsp3) is 0.364. The van der Waals surface area contributed by atoms with Crippen molar-refractivity contribution in [2.45, 2.75) is 58.5 Å². The minimum Gasteiger partial charge on any atom is -0.493 e. The molecule has 2 aliphatic heterocycles. The summed E-state index contributed by atoms with van der Waals surface area (Å²) in [6.07, 6.45) is 4.09. The molecule has 228 valence electrons. The van der Waals surface area contributed by atoms with Gasteiger partial charge in [0.05, 0.1) is 28.9 Å². The number of aryl methyl sites for hydroxylation is 1. The van der Waals surface area contributed by atoms with Crippen LogP contribution in [0.15, 0.2) is 54.0 Å². The van der Waals surface area contributed by atoms with E-state index >= 15 is 8.78 Å². The van der Waals surface area contributed by atoms with E-state index in [1.165, 1.54) is 28.8 Å². The number of anilines is 1. The molecule has 2 atom stereocenters. The number of fused-ring (bicyclic) bond motifs is 5. The average molecular weight is 601 g/mol. The van der Waals surface area contributed by atoms with Crippen LogP contribution >= 0.6 is 0 Å². The van der Waals surface area contributed by atoms with Crippen LogP contribution in [-0.4, -0.2) is 62.1 Å². The lowest BCUT2D eigenvalue weighted by Gasteiger charge is -2.44. The SMILES string of the molecule is C=CC(=O)N1C[C@H](C)N(c2nc(=O)n3c4nc(c(F)cc24)-c2c(F)cccc2OCCCc2ccnc(C(C)C)c2-3)C[C@H]1C. The highest BCUT2D eigenvalue weighted by atomic mass is 19.1. The predicted molar refractivity (Wildman–Crippen MR) is 164 cm³/mol. The molecule has 0 unspecified atom stereocenters. The number of piperazine rings is 1. The van der Waals surface area contributed by atoms with Crippen molar-refractivity contribution >= 4 is 22.8 Å². The molecule has 0 radical (unpaired) electrons. The number of carbonyl (C=O) groups excluding carboxylic acids is 1. The fourth-order valence-corrected chi connectivity index (χ4v) is 6.24. The summed E-state index contributed by atoms with van der Waals surface area (Å²) in [6.45, 7) is 12.3. The van der Waals surface area contributed by atoms with E-state index < -0.39 is 17.3 Å². The molecule has 2 bridgehead atoms. The number of amides is 1. The van der Waals surface area contributed by atoms with E-state index in [9.17, 15) is 9.59 Å². The lowest BCUT2D eigenvalue weighted by Crippen LogP contribution is -2.58. The van der Waals surface area contributed by atoms with Gasteiger partial charge in [-0.05, 0) is 68.5 Å². The number of pyridine rings is 2. The fourth-order valence-electron chi connectivity index (χ4n) is 6.24. The number of hydrogen-bond acceptors (Lipinski definition) is 7. The first-order chi connectivity index (χ1) is 21.1. The van der Waals surface area contributed by atoms with Crippen molar-refractivity contribution in [2.24, 2.45) is 0 Å². The van der Waals surface area contributed by atoms with Crippen LogP contribution in [0.4, 0.5) is 14.6 Å². The third-order valence-electron chi connectivity index (χ3n) is 8.38. The zero-order valence-corrected chi connectivity index (χ0v) is 25.2. The maximum absolute atomic E-state index is 16.2. The highest BCUT2D eigenvalue weighted by molar-refractivity contribution is 5.91. The Kier molecular flexibility index (Phi) is 7.65. The summed E-state index contributed by atoms with van der Waals surface area (Å²) in [5.41, 5.74) is 1.19. The third kappa shape index (κ3) is 4.89. The zero-order valence-electron chi connectivity index (χ0n) is 25.2. The highest BCUT2D eigenvalue weighted by Gasteiger charge is 2.34. The Morgan fingerprint density at radius 2 is 1.91 bits per heavy atom. The third-order valence-corrected chi connectivity index (χ3v) is 8.38. The van der Waals surface area contributed by atoms with Gasteiger partial charge in [-0.1, -0.05) is 26.5 Å². The summed E-state index contributed by atoms with van der Waals surface area (Å²) in [5, 5.41) is 0.286. The van der Waals surface area contributed by atoms with Crippen molar-refractivity contribution in [1.29, 1.82) is 0 Å². The van der Waals surface area contributed by atoms with Crippen molar-refractivity contribution in [3.05, 3.63) is 82.6 Å². The van der Waals surface area contributed by atoms with Crippen molar-refractivity contribution in [3.8, 4) is 22.7 Å². The molecule has 1 aromatic carbocycles. The minimum atomic E-state index is -0.783. The molecule has 1 fully saturated rings. The predicted octanol–water partition coefficient (Wildman–Crippen LogP) is 5.18. The number of ether oxygens (including phenoxy) is 1. The first kappa shape index (κ1) is 29.4. The van der Waals surface area contributed by atoms with Gasteiger partial charge in [0.25, 0.3) is 0 Å². The van der Waals surface area contributed by atoms with Crippen molar-refractivity contribution in [3.63, 3.8) is 0 Å². The van der Waals surface area contributed by atoms with Gasteiger partial charge < -0.3 is 14.5 Å². The monoisotopic (exact) mass is 600 g/mol. The zero-order chi connectivity index (χ0) is 31.3. The maximum Gasteiger partial charge on any atom is 0.355 e. The number of carbonyl (C=O) groups is 1. The Labute approximate surface area is 253 Å². The molecule has 2 aliphatic rings. The van der Waals surface area contributed by atoms with Gasteiger partial charge in [0.2, 0.25) is 5.91 Å². The van der Waals surface area contributed by atoms with Gasteiger partial charge in [0, 0.05) is 31.4 Å². The summed E-state index contributed by atoms with van der Waals surface area (Å²) >= 11 is 0. The van der Waals surface area contributed by atoms with Gasteiger partial charge >= 0.3 is 5.69 Å². The molecule has 9 nitrogen and oxygen atoms in total. The molecule has 0 aliphatic carbocycles. The van der Waals surface area contributed by atoms with E-state index in [0.29, 0.717) is 37.3 Å². The van der Waals surface area contributed by atoms with Gasteiger partial charge in [-0.2, -0.15) is 4.98 Å². The van der Waals surface area contributed by atoms with Crippen molar-refractivity contribution in [2.75, 3.05) is 24.6 Å². The van der Waals surface area contributed by atoms with E-state index in [-0.39, 0.29) is 64.4 Å². The first-order valence-corrected chi connectivity index (χ1v) is 14.8. The summed E-state index contributed by atoms with van der Waals surface area (Å²) in [6, 6.07) is 6.95. The first-order valence-electron chi connectivity index (χ1n) is 14.8. The Bertz CT molecular complexity index is 1860. The minimum absolute atomic E-state index is 0.0647. The molecule has 5 heterocycles. The second kappa shape index (κ2) is 11.4. The van der Waals surface area contributed by atoms with Crippen LogP contribution in [0.2, 0.25) is 0 Å². The lowest BCUT2D eigenvalue weighted by atomic mass is 10.0. The Balaban J connectivity index is 1.69. The van der Waals surface area contributed by atoms with E-state index in [2.05, 4.69) is 16.5 Å². The maximum atomic E-state index is 16.2. The summed E-state index contributed by atoms with van der Waals surface area (Å²) in [5.74, 6) is -1.31. The quantitative estimate of drug-likeness (QED) is 0.299. The summed E-state index contributed by atoms with van der Waals surface area (Å²) < 4.78 is 38.9. The number of nitrogens with zero attached hydrogens (tertiary/aromatic N) is 6. The van der Waals surface area contributed by atoms with Crippen molar-refractivity contribution < 1.29 is 18.3 Å². The number of rotatable bonds is 3. The molecular formula is C33H34F2N6O3.